The second-order valence-electron chi connectivity index (χ2n) is 5.46. The van der Waals surface area contributed by atoms with Crippen LogP contribution in [0.5, 0.6) is 0 Å². The predicted molar refractivity (Wildman–Crippen MR) is 69.7 cm³/mol. The third-order valence-electron chi connectivity index (χ3n) is 3.89. The molecule has 2 heterocycles. The maximum atomic E-state index is 9.81. The third-order valence-corrected chi connectivity index (χ3v) is 3.89. The Labute approximate surface area is 114 Å². The highest BCUT2D eigenvalue weighted by molar-refractivity contribution is 4.92. The van der Waals surface area contributed by atoms with Crippen LogP contribution < -0.4 is 0 Å². The third kappa shape index (κ3) is 3.89. The molecule has 0 radical (unpaired) electrons. The first-order valence-electron chi connectivity index (χ1n) is 7.47. The van der Waals surface area contributed by atoms with Gasteiger partial charge in [0.25, 0.3) is 0 Å². The van der Waals surface area contributed by atoms with Crippen LogP contribution in [-0.4, -0.2) is 54.1 Å². The Morgan fingerprint density at radius 3 is 2.58 bits per heavy atom. The van der Waals surface area contributed by atoms with Crippen molar-refractivity contribution in [1.29, 1.82) is 0 Å². The summed E-state index contributed by atoms with van der Waals surface area (Å²) in [6, 6.07) is 0. The quantitative estimate of drug-likeness (QED) is 0.683. The van der Waals surface area contributed by atoms with Gasteiger partial charge in [0.2, 0.25) is 0 Å². The Kier molecular flexibility index (Phi) is 6.04. The van der Waals surface area contributed by atoms with E-state index in [4.69, 9.17) is 14.2 Å². The number of unbranched alkanes of at least 4 members (excludes halogenated alkanes) is 4. The van der Waals surface area contributed by atoms with E-state index >= 15 is 0 Å². The largest absolute Gasteiger partial charge is 0.394 e. The Morgan fingerprint density at radius 1 is 1.05 bits per heavy atom. The van der Waals surface area contributed by atoms with Gasteiger partial charge >= 0.3 is 0 Å². The molecule has 5 atom stereocenters. The normalized spacial score (nSPS) is 38.4. The second kappa shape index (κ2) is 7.55. The molecule has 0 aromatic heterocycles. The first-order valence-corrected chi connectivity index (χ1v) is 7.47. The fourth-order valence-corrected chi connectivity index (χ4v) is 2.78. The van der Waals surface area contributed by atoms with Crippen molar-refractivity contribution in [2.24, 2.45) is 0 Å². The van der Waals surface area contributed by atoms with Crippen molar-refractivity contribution in [3.8, 4) is 0 Å². The SMILES string of the molecule is CCCCCCCC1O[C@H]2[C@H](OC[C@@H]2O)[C@@H](CO)O1. The molecule has 2 aliphatic rings. The molecule has 2 saturated heterocycles. The summed E-state index contributed by atoms with van der Waals surface area (Å²) in [5.41, 5.74) is 0. The minimum atomic E-state index is -0.606. The van der Waals surface area contributed by atoms with Crippen LogP contribution in [0.4, 0.5) is 0 Å². The van der Waals surface area contributed by atoms with E-state index < -0.39 is 6.10 Å². The minimum absolute atomic E-state index is 0.0937. The van der Waals surface area contributed by atoms with Crippen molar-refractivity contribution < 1.29 is 24.4 Å². The number of aliphatic hydroxyl groups is 2. The molecule has 2 rings (SSSR count). The Hall–Kier alpha value is -0.200. The van der Waals surface area contributed by atoms with Crippen molar-refractivity contribution in [1.82, 2.24) is 0 Å². The number of fused-ring (bicyclic) bond motifs is 1. The molecular weight excluding hydrogens is 248 g/mol. The summed E-state index contributed by atoms with van der Waals surface area (Å²) >= 11 is 0. The van der Waals surface area contributed by atoms with Crippen LogP contribution in [0.1, 0.15) is 45.4 Å². The van der Waals surface area contributed by atoms with Crippen molar-refractivity contribution in [3.05, 3.63) is 0 Å². The lowest BCUT2D eigenvalue weighted by Gasteiger charge is -2.37. The van der Waals surface area contributed by atoms with Gasteiger partial charge in [-0.3, -0.25) is 0 Å². The predicted octanol–water partition coefficient (Wildman–Crippen LogP) is 1.21. The topological polar surface area (TPSA) is 68.2 Å². The highest BCUT2D eigenvalue weighted by atomic mass is 16.7. The fraction of sp³-hybridized carbons (Fsp3) is 1.00. The second-order valence-corrected chi connectivity index (χ2v) is 5.46. The molecule has 0 aliphatic carbocycles. The lowest BCUT2D eigenvalue weighted by molar-refractivity contribution is -0.285. The molecule has 0 amide bonds. The van der Waals surface area contributed by atoms with E-state index in [9.17, 15) is 10.2 Å². The van der Waals surface area contributed by atoms with Crippen LogP contribution in [0.25, 0.3) is 0 Å². The Balaban J connectivity index is 1.76. The summed E-state index contributed by atoms with van der Waals surface area (Å²) in [6.45, 7) is 2.36. The van der Waals surface area contributed by atoms with E-state index in [1.54, 1.807) is 0 Å². The van der Waals surface area contributed by atoms with E-state index in [1.165, 1.54) is 25.7 Å². The summed E-state index contributed by atoms with van der Waals surface area (Å²) in [7, 11) is 0. The zero-order valence-corrected chi connectivity index (χ0v) is 11.7. The van der Waals surface area contributed by atoms with Gasteiger partial charge in [-0.15, -0.1) is 0 Å². The average Bonchev–Trinajstić information content (AvgIpc) is 2.80. The molecule has 0 saturated carbocycles. The fourth-order valence-electron chi connectivity index (χ4n) is 2.78. The van der Waals surface area contributed by atoms with Gasteiger partial charge in [-0.1, -0.05) is 32.6 Å². The Bertz CT molecular complexity index is 260. The number of ether oxygens (including phenoxy) is 3. The summed E-state index contributed by atoms with van der Waals surface area (Å²) in [4.78, 5) is 0. The molecule has 0 aromatic carbocycles. The maximum absolute atomic E-state index is 9.81. The number of aliphatic hydroxyl groups excluding tert-OH is 2. The van der Waals surface area contributed by atoms with E-state index in [0.717, 1.165) is 12.8 Å². The molecule has 0 spiro atoms. The van der Waals surface area contributed by atoms with Gasteiger partial charge in [0.05, 0.1) is 13.2 Å². The maximum Gasteiger partial charge on any atom is 0.158 e. The van der Waals surface area contributed by atoms with Gasteiger partial charge < -0.3 is 24.4 Å². The summed E-state index contributed by atoms with van der Waals surface area (Å²) < 4.78 is 16.9. The molecule has 5 heteroatoms. The van der Waals surface area contributed by atoms with Crippen LogP contribution in [-0.2, 0) is 14.2 Å². The minimum Gasteiger partial charge on any atom is -0.394 e. The summed E-state index contributed by atoms with van der Waals surface area (Å²) in [5.74, 6) is 0. The lowest BCUT2D eigenvalue weighted by Crippen LogP contribution is -2.52. The average molecular weight is 274 g/mol. The van der Waals surface area contributed by atoms with Gasteiger partial charge in [-0.25, -0.2) is 0 Å². The first kappa shape index (κ1) is 15.2. The molecule has 0 bridgehead atoms. The van der Waals surface area contributed by atoms with E-state index in [0.29, 0.717) is 0 Å². The summed E-state index contributed by atoms with van der Waals surface area (Å²) in [6.07, 6.45) is 4.78. The van der Waals surface area contributed by atoms with Crippen molar-refractivity contribution in [2.45, 2.75) is 76.2 Å². The Morgan fingerprint density at radius 2 is 1.84 bits per heavy atom. The number of hydrogen-bond donors (Lipinski definition) is 2. The molecule has 5 nitrogen and oxygen atoms in total. The van der Waals surface area contributed by atoms with Crippen LogP contribution in [0.3, 0.4) is 0 Å². The molecule has 2 fully saturated rings. The van der Waals surface area contributed by atoms with E-state index in [1.807, 2.05) is 0 Å². The molecule has 2 N–H and O–H groups in total. The van der Waals surface area contributed by atoms with Crippen molar-refractivity contribution >= 4 is 0 Å². The van der Waals surface area contributed by atoms with Gasteiger partial charge in [0.15, 0.2) is 6.29 Å². The smallest absolute Gasteiger partial charge is 0.158 e. The van der Waals surface area contributed by atoms with Crippen LogP contribution in [0, 0.1) is 0 Å². The van der Waals surface area contributed by atoms with Gasteiger partial charge in [0.1, 0.15) is 24.4 Å². The van der Waals surface area contributed by atoms with Crippen LogP contribution in [0.15, 0.2) is 0 Å². The molecule has 0 aromatic rings. The highest BCUT2D eigenvalue weighted by Crippen LogP contribution is 2.30. The van der Waals surface area contributed by atoms with Gasteiger partial charge in [-0.05, 0) is 12.8 Å². The van der Waals surface area contributed by atoms with Crippen molar-refractivity contribution in [3.63, 3.8) is 0 Å². The molecule has 112 valence electrons. The lowest BCUT2D eigenvalue weighted by atomic mass is 10.0. The number of rotatable bonds is 7. The van der Waals surface area contributed by atoms with E-state index in [2.05, 4.69) is 6.92 Å². The number of hydrogen-bond acceptors (Lipinski definition) is 5. The highest BCUT2D eigenvalue weighted by Gasteiger charge is 2.47. The summed E-state index contributed by atoms with van der Waals surface area (Å²) in [5, 5.41) is 19.2. The monoisotopic (exact) mass is 274 g/mol. The molecule has 1 unspecified atom stereocenters. The zero-order chi connectivity index (χ0) is 13.7. The standard InChI is InChI=1S/C14H26O5/c1-2-3-4-5-6-7-12-18-11(8-15)14-13(19-12)10(16)9-17-14/h10-16H,2-9H2,1H3/t10-,11+,12?,13+,14+/m0/s1. The van der Waals surface area contributed by atoms with E-state index in [-0.39, 0.29) is 37.8 Å². The van der Waals surface area contributed by atoms with Crippen LogP contribution >= 0.6 is 0 Å². The first-order chi connectivity index (χ1) is 9.26. The van der Waals surface area contributed by atoms with Gasteiger partial charge in [0, 0.05) is 0 Å². The van der Waals surface area contributed by atoms with Gasteiger partial charge in [-0.2, -0.15) is 0 Å². The molecule has 19 heavy (non-hydrogen) atoms. The zero-order valence-electron chi connectivity index (χ0n) is 11.7. The van der Waals surface area contributed by atoms with Crippen molar-refractivity contribution in [2.75, 3.05) is 13.2 Å². The molecular formula is C14H26O5. The van der Waals surface area contributed by atoms with Crippen LogP contribution in [0.2, 0.25) is 0 Å². The molecule has 2 aliphatic heterocycles.